The zero-order valence-corrected chi connectivity index (χ0v) is 12.9. The van der Waals surface area contributed by atoms with E-state index < -0.39 is 12.5 Å². The maximum atomic E-state index is 12.2. The normalized spacial score (nSPS) is 13.2. The van der Waals surface area contributed by atoms with Crippen LogP contribution in [0.4, 0.5) is 13.2 Å². The van der Waals surface area contributed by atoms with Crippen molar-refractivity contribution in [2.45, 2.75) is 19.4 Å². The second-order valence-corrected chi connectivity index (χ2v) is 5.22. The van der Waals surface area contributed by atoms with Gasteiger partial charge in [-0.25, -0.2) is 9.50 Å². The number of halogens is 3. The standard InChI is InChI=1S/C16H14F3N3O2/c1-10-7-13(22-14(8-10)20-9-21-22)15(23-2)11-3-5-12(6-4-11)24-16(17,18)19/h3-9,15H,1-2H3. The highest BCUT2D eigenvalue weighted by Gasteiger charge is 2.31. The molecule has 0 bridgehead atoms. The van der Waals surface area contributed by atoms with Crippen LogP contribution in [-0.2, 0) is 4.74 Å². The molecule has 126 valence electrons. The summed E-state index contributed by atoms with van der Waals surface area (Å²) < 4.78 is 47.8. The minimum atomic E-state index is -4.72. The zero-order valence-electron chi connectivity index (χ0n) is 12.9. The molecule has 0 saturated carbocycles. The Bertz CT molecular complexity index is 844. The fraction of sp³-hybridized carbons (Fsp3) is 0.250. The van der Waals surface area contributed by atoms with Gasteiger partial charge in [0.15, 0.2) is 5.65 Å². The van der Waals surface area contributed by atoms with E-state index in [4.69, 9.17) is 4.74 Å². The summed E-state index contributed by atoms with van der Waals surface area (Å²) in [6, 6.07) is 9.34. The van der Waals surface area contributed by atoms with E-state index in [9.17, 15) is 13.2 Å². The maximum absolute atomic E-state index is 12.2. The van der Waals surface area contributed by atoms with Crippen LogP contribution in [0.25, 0.3) is 5.65 Å². The fourth-order valence-electron chi connectivity index (χ4n) is 2.55. The van der Waals surface area contributed by atoms with E-state index in [1.807, 2.05) is 19.1 Å². The molecule has 0 amide bonds. The number of hydrogen-bond acceptors (Lipinski definition) is 4. The summed E-state index contributed by atoms with van der Waals surface area (Å²) in [4.78, 5) is 4.16. The van der Waals surface area contributed by atoms with Gasteiger partial charge in [0.2, 0.25) is 0 Å². The third kappa shape index (κ3) is 3.33. The Morgan fingerprint density at radius 3 is 2.46 bits per heavy atom. The highest BCUT2D eigenvalue weighted by Crippen LogP contribution is 2.29. The van der Waals surface area contributed by atoms with Gasteiger partial charge in [0, 0.05) is 7.11 Å². The van der Waals surface area contributed by atoms with E-state index in [-0.39, 0.29) is 5.75 Å². The van der Waals surface area contributed by atoms with Crippen LogP contribution in [0.2, 0.25) is 0 Å². The van der Waals surface area contributed by atoms with Crippen LogP contribution in [0.5, 0.6) is 5.75 Å². The quantitative estimate of drug-likeness (QED) is 0.729. The van der Waals surface area contributed by atoms with E-state index >= 15 is 0 Å². The Hall–Kier alpha value is -2.61. The summed E-state index contributed by atoms with van der Waals surface area (Å²) >= 11 is 0. The fourth-order valence-corrected chi connectivity index (χ4v) is 2.55. The molecule has 0 aliphatic heterocycles. The Kier molecular flexibility index (Phi) is 4.15. The number of ether oxygens (including phenoxy) is 2. The number of alkyl halides is 3. The Morgan fingerprint density at radius 1 is 1.12 bits per heavy atom. The van der Waals surface area contributed by atoms with Crippen molar-refractivity contribution in [3.8, 4) is 5.75 Å². The van der Waals surface area contributed by atoms with E-state index in [2.05, 4.69) is 14.8 Å². The topological polar surface area (TPSA) is 48.7 Å². The average molecular weight is 337 g/mol. The minimum absolute atomic E-state index is 0.281. The molecular weight excluding hydrogens is 323 g/mol. The first-order chi connectivity index (χ1) is 11.4. The molecule has 2 aromatic heterocycles. The third-order valence-corrected chi connectivity index (χ3v) is 3.47. The van der Waals surface area contributed by atoms with Gasteiger partial charge in [-0.1, -0.05) is 12.1 Å². The van der Waals surface area contributed by atoms with Gasteiger partial charge in [0.1, 0.15) is 18.2 Å². The molecule has 0 radical (unpaired) electrons. The lowest BCUT2D eigenvalue weighted by atomic mass is 10.0. The highest BCUT2D eigenvalue weighted by molar-refractivity contribution is 5.44. The first-order valence-electron chi connectivity index (χ1n) is 7.06. The highest BCUT2D eigenvalue weighted by atomic mass is 19.4. The van der Waals surface area contributed by atoms with Crippen molar-refractivity contribution in [1.29, 1.82) is 0 Å². The summed E-state index contributed by atoms with van der Waals surface area (Å²) in [5.41, 5.74) is 3.05. The van der Waals surface area contributed by atoms with Crippen molar-refractivity contribution in [2.24, 2.45) is 0 Å². The molecule has 1 aromatic carbocycles. The molecule has 1 atom stereocenters. The van der Waals surface area contributed by atoms with Crippen LogP contribution in [0.1, 0.15) is 22.9 Å². The molecule has 3 rings (SSSR count). The maximum Gasteiger partial charge on any atom is 0.573 e. The number of methoxy groups -OCH3 is 1. The number of fused-ring (bicyclic) bond motifs is 1. The van der Waals surface area contributed by atoms with Crippen LogP contribution in [0, 0.1) is 6.92 Å². The van der Waals surface area contributed by atoms with E-state index in [1.165, 1.54) is 37.7 Å². The monoisotopic (exact) mass is 337 g/mol. The SMILES string of the molecule is COC(c1ccc(OC(F)(F)F)cc1)c1cc(C)cc2ncnn12. The van der Waals surface area contributed by atoms with Crippen molar-refractivity contribution >= 4 is 5.65 Å². The largest absolute Gasteiger partial charge is 0.573 e. The number of aryl methyl sites for hydroxylation is 1. The molecule has 1 unspecified atom stereocenters. The zero-order chi connectivity index (χ0) is 17.3. The molecule has 8 heteroatoms. The summed E-state index contributed by atoms with van der Waals surface area (Å²) in [5.74, 6) is -0.281. The summed E-state index contributed by atoms with van der Waals surface area (Å²) in [6.45, 7) is 1.92. The number of hydrogen-bond donors (Lipinski definition) is 0. The predicted octanol–water partition coefficient (Wildman–Crippen LogP) is 3.67. The molecule has 0 aliphatic rings. The van der Waals surface area contributed by atoms with Crippen LogP contribution < -0.4 is 4.74 Å². The molecule has 0 N–H and O–H groups in total. The molecule has 2 heterocycles. The molecule has 5 nitrogen and oxygen atoms in total. The van der Waals surface area contributed by atoms with Crippen molar-refractivity contribution < 1.29 is 22.6 Å². The van der Waals surface area contributed by atoms with Gasteiger partial charge in [-0.05, 0) is 42.3 Å². The van der Waals surface area contributed by atoms with Gasteiger partial charge < -0.3 is 9.47 Å². The molecule has 3 aromatic rings. The third-order valence-electron chi connectivity index (χ3n) is 3.47. The number of rotatable bonds is 4. The number of nitrogens with zero attached hydrogens (tertiary/aromatic N) is 3. The number of benzene rings is 1. The van der Waals surface area contributed by atoms with E-state index in [0.717, 1.165) is 11.3 Å². The Labute approximate surface area is 135 Å². The molecule has 0 saturated heterocycles. The van der Waals surface area contributed by atoms with Gasteiger partial charge in [-0.2, -0.15) is 5.10 Å². The molecular formula is C16H14F3N3O2. The first kappa shape index (κ1) is 16.3. The van der Waals surface area contributed by atoms with E-state index in [0.29, 0.717) is 11.2 Å². The van der Waals surface area contributed by atoms with Crippen LogP contribution >= 0.6 is 0 Å². The van der Waals surface area contributed by atoms with E-state index in [1.54, 1.807) is 4.52 Å². The van der Waals surface area contributed by atoms with Gasteiger partial charge >= 0.3 is 6.36 Å². The number of aromatic nitrogens is 3. The van der Waals surface area contributed by atoms with Gasteiger partial charge in [0.25, 0.3) is 0 Å². The lowest BCUT2D eigenvalue weighted by Gasteiger charge is -2.18. The number of pyridine rings is 1. The second-order valence-electron chi connectivity index (χ2n) is 5.22. The Balaban J connectivity index is 1.97. The van der Waals surface area contributed by atoms with Gasteiger partial charge in [-0.3, -0.25) is 0 Å². The predicted molar refractivity (Wildman–Crippen MR) is 79.7 cm³/mol. The lowest BCUT2D eigenvalue weighted by molar-refractivity contribution is -0.274. The molecule has 0 spiro atoms. The minimum Gasteiger partial charge on any atom is -0.406 e. The first-order valence-corrected chi connectivity index (χ1v) is 7.06. The van der Waals surface area contributed by atoms with Crippen molar-refractivity contribution in [3.63, 3.8) is 0 Å². The van der Waals surface area contributed by atoms with Gasteiger partial charge in [-0.15, -0.1) is 13.2 Å². The average Bonchev–Trinajstić information content (AvgIpc) is 2.96. The summed E-state index contributed by atoms with van der Waals surface area (Å²) in [6.07, 6.45) is -3.79. The molecule has 0 fully saturated rings. The lowest BCUT2D eigenvalue weighted by Crippen LogP contribution is -2.17. The summed E-state index contributed by atoms with van der Waals surface area (Å²) in [5, 5.41) is 4.17. The van der Waals surface area contributed by atoms with Crippen LogP contribution in [0.15, 0.2) is 42.7 Å². The van der Waals surface area contributed by atoms with Crippen LogP contribution in [-0.4, -0.2) is 28.1 Å². The van der Waals surface area contributed by atoms with Crippen molar-refractivity contribution in [2.75, 3.05) is 7.11 Å². The second kappa shape index (κ2) is 6.12. The summed E-state index contributed by atoms with van der Waals surface area (Å²) in [7, 11) is 1.52. The van der Waals surface area contributed by atoms with Crippen molar-refractivity contribution in [3.05, 3.63) is 59.5 Å². The smallest absolute Gasteiger partial charge is 0.406 e. The van der Waals surface area contributed by atoms with Crippen LogP contribution in [0.3, 0.4) is 0 Å². The van der Waals surface area contributed by atoms with Crippen molar-refractivity contribution in [1.82, 2.24) is 14.6 Å². The Morgan fingerprint density at radius 2 is 1.83 bits per heavy atom. The molecule has 24 heavy (non-hydrogen) atoms. The van der Waals surface area contributed by atoms with Gasteiger partial charge in [0.05, 0.1) is 5.69 Å². The molecule has 0 aliphatic carbocycles.